The van der Waals surface area contributed by atoms with Crippen molar-refractivity contribution in [2.45, 2.75) is 20.5 Å². The molecule has 4 rings (SSSR count). The van der Waals surface area contributed by atoms with E-state index in [-0.39, 0.29) is 12.5 Å². The lowest BCUT2D eigenvalue weighted by Crippen LogP contribution is -2.14. The van der Waals surface area contributed by atoms with Crippen LogP contribution < -0.4 is 10.1 Å². The van der Waals surface area contributed by atoms with Gasteiger partial charge in [-0.3, -0.25) is 4.79 Å². The Morgan fingerprint density at radius 3 is 2.57 bits per heavy atom. The number of carbonyl (C=O) groups excluding carboxylic acids is 1. The van der Waals surface area contributed by atoms with E-state index in [1.165, 1.54) is 0 Å². The highest BCUT2D eigenvalue weighted by molar-refractivity contribution is 6.06. The lowest BCUT2D eigenvalue weighted by atomic mass is 10.1. The SMILES string of the molecule is Cc1ccc(NC(=O)c2ccccc2OCc2nc(-c3ccccc3)no2)c(C)c1. The number of aromatic nitrogens is 2. The first-order chi connectivity index (χ1) is 14.6. The van der Waals surface area contributed by atoms with Crippen LogP contribution in [0.1, 0.15) is 27.4 Å². The zero-order valence-corrected chi connectivity index (χ0v) is 16.8. The summed E-state index contributed by atoms with van der Waals surface area (Å²) < 4.78 is 11.1. The standard InChI is InChI=1S/C24H21N3O3/c1-16-12-13-20(17(2)14-16)25-24(28)19-10-6-7-11-21(19)29-15-22-26-23(27-30-22)18-8-4-3-5-9-18/h3-14H,15H2,1-2H3,(H,25,28). The lowest BCUT2D eigenvalue weighted by molar-refractivity contribution is 0.102. The van der Waals surface area contributed by atoms with Gasteiger partial charge in [-0.1, -0.05) is 65.3 Å². The molecular formula is C24H21N3O3. The average Bonchev–Trinajstić information content (AvgIpc) is 3.24. The van der Waals surface area contributed by atoms with E-state index < -0.39 is 0 Å². The number of amides is 1. The van der Waals surface area contributed by atoms with Gasteiger partial charge in [-0.15, -0.1) is 0 Å². The second-order valence-electron chi connectivity index (χ2n) is 6.94. The van der Waals surface area contributed by atoms with Crippen molar-refractivity contribution in [1.82, 2.24) is 10.1 Å². The summed E-state index contributed by atoms with van der Waals surface area (Å²) in [5, 5.41) is 6.93. The third kappa shape index (κ3) is 4.38. The molecule has 0 saturated heterocycles. The molecule has 1 aromatic heterocycles. The van der Waals surface area contributed by atoms with Crippen LogP contribution in [0.4, 0.5) is 5.69 Å². The number of ether oxygens (including phenoxy) is 1. The van der Waals surface area contributed by atoms with E-state index in [1.807, 2.05) is 68.4 Å². The molecule has 6 nitrogen and oxygen atoms in total. The van der Waals surface area contributed by atoms with E-state index in [4.69, 9.17) is 9.26 Å². The fourth-order valence-corrected chi connectivity index (χ4v) is 3.08. The molecule has 0 aliphatic heterocycles. The topological polar surface area (TPSA) is 77.2 Å². The molecule has 6 heteroatoms. The Bertz CT molecular complexity index is 1170. The maximum absolute atomic E-state index is 12.8. The second kappa shape index (κ2) is 8.61. The second-order valence-corrected chi connectivity index (χ2v) is 6.94. The van der Waals surface area contributed by atoms with Crippen molar-refractivity contribution in [2.24, 2.45) is 0 Å². The molecule has 0 bridgehead atoms. The van der Waals surface area contributed by atoms with Gasteiger partial charge in [0.05, 0.1) is 5.56 Å². The zero-order chi connectivity index (χ0) is 20.9. The van der Waals surface area contributed by atoms with Crippen molar-refractivity contribution in [2.75, 3.05) is 5.32 Å². The zero-order valence-electron chi connectivity index (χ0n) is 16.8. The summed E-state index contributed by atoms with van der Waals surface area (Å²) in [6.07, 6.45) is 0. The van der Waals surface area contributed by atoms with Gasteiger partial charge in [-0.05, 0) is 37.6 Å². The molecule has 0 fully saturated rings. The Kier molecular flexibility index (Phi) is 5.57. The minimum atomic E-state index is -0.243. The number of aryl methyl sites for hydroxylation is 2. The monoisotopic (exact) mass is 399 g/mol. The molecule has 0 aliphatic rings. The van der Waals surface area contributed by atoms with Crippen LogP contribution in [-0.2, 0) is 6.61 Å². The van der Waals surface area contributed by atoms with Crippen molar-refractivity contribution < 1.29 is 14.1 Å². The van der Waals surface area contributed by atoms with Crippen LogP contribution in [0.25, 0.3) is 11.4 Å². The summed E-state index contributed by atoms with van der Waals surface area (Å²) in [6.45, 7) is 4.04. The molecule has 3 aromatic carbocycles. The molecule has 0 spiro atoms. The molecule has 0 saturated carbocycles. The Morgan fingerprint density at radius 1 is 1.00 bits per heavy atom. The molecule has 1 N–H and O–H groups in total. The third-order valence-corrected chi connectivity index (χ3v) is 4.61. The molecular weight excluding hydrogens is 378 g/mol. The fraction of sp³-hybridized carbons (Fsp3) is 0.125. The van der Waals surface area contributed by atoms with Crippen LogP contribution in [0.3, 0.4) is 0 Å². The van der Waals surface area contributed by atoms with Crippen molar-refractivity contribution in [3.63, 3.8) is 0 Å². The number of hydrogen-bond donors (Lipinski definition) is 1. The third-order valence-electron chi connectivity index (χ3n) is 4.61. The number of para-hydroxylation sites is 1. The summed E-state index contributed by atoms with van der Waals surface area (Å²) in [6, 6.07) is 22.5. The van der Waals surface area contributed by atoms with Gasteiger partial charge in [-0.25, -0.2) is 0 Å². The molecule has 30 heavy (non-hydrogen) atoms. The number of nitrogens with zero attached hydrogens (tertiary/aromatic N) is 2. The predicted octanol–water partition coefficient (Wildman–Crippen LogP) is 5.18. The number of benzene rings is 3. The van der Waals surface area contributed by atoms with E-state index >= 15 is 0 Å². The van der Waals surface area contributed by atoms with Gasteiger partial charge in [0.2, 0.25) is 5.82 Å². The smallest absolute Gasteiger partial charge is 0.264 e. The van der Waals surface area contributed by atoms with E-state index in [9.17, 15) is 4.79 Å². The summed E-state index contributed by atoms with van der Waals surface area (Å²) in [5.41, 5.74) is 4.20. The predicted molar refractivity (Wildman–Crippen MR) is 114 cm³/mol. The Morgan fingerprint density at radius 2 is 1.77 bits per heavy atom. The first kappa shape index (κ1) is 19.4. The van der Waals surface area contributed by atoms with Crippen LogP contribution >= 0.6 is 0 Å². The molecule has 0 unspecified atom stereocenters. The van der Waals surface area contributed by atoms with Gasteiger partial charge in [-0.2, -0.15) is 4.98 Å². The van der Waals surface area contributed by atoms with Crippen molar-refractivity contribution in [3.05, 3.63) is 95.4 Å². The fourth-order valence-electron chi connectivity index (χ4n) is 3.08. The Balaban J connectivity index is 1.47. The summed E-state index contributed by atoms with van der Waals surface area (Å²) in [5.74, 6) is 1.03. The molecule has 0 atom stereocenters. The normalized spacial score (nSPS) is 10.6. The Labute approximate surface area is 174 Å². The van der Waals surface area contributed by atoms with E-state index in [2.05, 4.69) is 15.5 Å². The number of anilines is 1. The van der Waals surface area contributed by atoms with Gasteiger partial charge in [0, 0.05) is 11.3 Å². The quantitative estimate of drug-likeness (QED) is 0.483. The maximum atomic E-state index is 12.8. The van der Waals surface area contributed by atoms with Crippen molar-refractivity contribution in [3.8, 4) is 17.1 Å². The molecule has 0 radical (unpaired) electrons. The van der Waals surface area contributed by atoms with Gasteiger partial charge in [0.15, 0.2) is 6.61 Å². The van der Waals surface area contributed by atoms with Crippen LogP contribution in [0.2, 0.25) is 0 Å². The minimum Gasteiger partial charge on any atom is -0.483 e. The highest BCUT2D eigenvalue weighted by Crippen LogP contribution is 2.23. The molecule has 1 amide bonds. The van der Waals surface area contributed by atoms with E-state index in [0.717, 1.165) is 22.4 Å². The van der Waals surface area contributed by atoms with Gasteiger partial charge < -0.3 is 14.6 Å². The molecule has 0 aliphatic carbocycles. The van der Waals surface area contributed by atoms with Crippen LogP contribution in [0.15, 0.2) is 77.3 Å². The molecule has 4 aromatic rings. The van der Waals surface area contributed by atoms with Crippen molar-refractivity contribution in [1.29, 1.82) is 0 Å². The minimum absolute atomic E-state index is 0.0632. The number of hydrogen-bond acceptors (Lipinski definition) is 5. The highest BCUT2D eigenvalue weighted by Gasteiger charge is 2.15. The van der Waals surface area contributed by atoms with Crippen molar-refractivity contribution >= 4 is 11.6 Å². The first-order valence-corrected chi connectivity index (χ1v) is 9.58. The largest absolute Gasteiger partial charge is 0.483 e. The first-order valence-electron chi connectivity index (χ1n) is 9.58. The Hall–Kier alpha value is -3.93. The lowest BCUT2D eigenvalue weighted by Gasteiger charge is -2.12. The highest BCUT2D eigenvalue weighted by atomic mass is 16.5. The number of nitrogens with one attached hydrogen (secondary N) is 1. The molecule has 1 heterocycles. The average molecular weight is 399 g/mol. The molecule has 150 valence electrons. The summed E-state index contributed by atoms with van der Waals surface area (Å²) in [4.78, 5) is 17.2. The number of carbonyl (C=O) groups is 1. The van der Waals surface area contributed by atoms with E-state index in [0.29, 0.717) is 23.0 Å². The summed E-state index contributed by atoms with van der Waals surface area (Å²) in [7, 11) is 0. The maximum Gasteiger partial charge on any atom is 0.264 e. The van der Waals surface area contributed by atoms with Crippen LogP contribution in [0, 0.1) is 13.8 Å². The van der Waals surface area contributed by atoms with Crippen LogP contribution in [0.5, 0.6) is 5.75 Å². The summed E-state index contributed by atoms with van der Waals surface area (Å²) >= 11 is 0. The van der Waals surface area contributed by atoms with Gasteiger partial charge in [0.1, 0.15) is 5.75 Å². The van der Waals surface area contributed by atoms with Gasteiger partial charge in [0.25, 0.3) is 11.8 Å². The van der Waals surface area contributed by atoms with Gasteiger partial charge >= 0.3 is 0 Å². The van der Waals surface area contributed by atoms with Crippen LogP contribution in [-0.4, -0.2) is 16.0 Å². The number of rotatable bonds is 6. The van der Waals surface area contributed by atoms with E-state index in [1.54, 1.807) is 18.2 Å².